The molecule has 2 aromatic carbocycles. The van der Waals surface area contributed by atoms with E-state index in [4.69, 9.17) is 0 Å². The summed E-state index contributed by atoms with van der Waals surface area (Å²) in [5.41, 5.74) is 3.44. The fourth-order valence-corrected chi connectivity index (χ4v) is 5.75. The zero-order chi connectivity index (χ0) is 22.2. The lowest BCUT2D eigenvalue weighted by Crippen LogP contribution is -2.50. The molecule has 162 valence electrons. The topological polar surface area (TPSA) is 75.5 Å². The number of carbonyl (C=O) groups is 1. The van der Waals surface area contributed by atoms with Gasteiger partial charge in [0.1, 0.15) is 0 Å². The highest BCUT2D eigenvalue weighted by atomic mass is 79.9. The highest BCUT2D eigenvalue weighted by Gasteiger charge is 2.30. The minimum atomic E-state index is -3.58. The molecule has 1 aromatic heterocycles. The Morgan fingerprint density at radius 1 is 0.968 bits per heavy atom. The summed E-state index contributed by atoms with van der Waals surface area (Å²) in [5.74, 6) is -0.0978. The molecule has 0 saturated carbocycles. The molecule has 4 rings (SSSR count). The zero-order valence-corrected chi connectivity index (χ0v) is 19.7. The quantitative estimate of drug-likeness (QED) is 0.547. The standard InChI is InChI=1S/C22H23BrN4O3S/c1-16-14-17(2)27(24-16)20-8-6-18(7-9-20)22(28)25-10-12-26(13-11-25)31(29,30)21-5-3-4-19(23)15-21/h3-9,14-15H,10-13H2,1-2H3. The van der Waals surface area contributed by atoms with E-state index in [1.54, 1.807) is 41.3 Å². The van der Waals surface area contributed by atoms with Crippen molar-refractivity contribution in [1.29, 1.82) is 0 Å². The average molecular weight is 503 g/mol. The molecule has 0 radical (unpaired) electrons. The third-order valence-electron chi connectivity index (χ3n) is 5.33. The number of hydrogen-bond donors (Lipinski definition) is 0. The van der Waals surface area contributed by atoms with Crippen LogP contribution in [0.15, 0.2) is 64.0 Å². The van der Waals surface area contributed by atoms with E-state index in [0.29, 0.717) is 23.1 Å². The van der Waals surface area contributed by atoms with Crippen molar-refractivity contribution in [2.24, 2.45) is 0 Å². The highest BCUT2D eigenvalue weighted by Crippen LogP contribution is 2.22. The summed E-state index contributed by atoms with van der Waals surface area (Å²) in [6, 6.07) is 16.0. The molecule has 31 heavy (non-hydrogen) atoms. The summed E-state index contributed by atoms with van der Waals surface area (Å²) in [6.45, 7) is 5.17. The molecular weight excluding hydrogens is 480 g/mol. The van der Waals surface area contributed by atoms with Crippen LogP contribution >= 0.6 is 15.9 Å². The maximum Gasteiger partial charge on any atom is 0.253 e. The molecule has 1 saturated heterocycles. The number of amides is 1. The molecule has 0 unspecified atom stereocenters. The van der Waals surface area contributed by atoms with Gasteiger partial charge in [0.25, 0.3) is 5.91 Å². The molecule has 0 atom stereocenters. The lowest BCUT2D eigenvalue weighted by molar-refractivity contribution is 0.0698. The van der Waals surface area contributed by atoms with Crippen molar-refractivity contribution >= 4 is 31.9 Å². The van der Waals surface area contributed by atoms with Crippen molar-refractivity contribution in [1.82, 2.24) is 19.0 Å². The van der Waals surface area contributed by atoms with Crippen LogP contribution in [-0.4, -0.2) is 59.5 Å². The zero-order valence-electron chi connectivity index (χ0n) is 17.3. The Labute approximate surface area is 190 Å². The second kappa shape index (κ2) is 8.57. The van der Waals surface area contributed by atoms with Crippen molar-refractivity contribution in [3.8, 4) is 5.69 Å². The summed E-state index contributed by atoms with van der Waals surface area (Å²) in [4.78, 5) is 14.9. The smallest absolute Gasteiger partial charge is 0.253 e. The van der Waals surface area contributed by atoms with Crippen molar-refractivity contribution in [3.05, 3.63) is 76.0 Å². The van der Waals surface area contributed by atoms with Crippen molar-refractivity contribution in [2.75, 3.05) is 26.2 Å². The molecule has 0 N–H and O–H groups in total. The van der Waals surface area contributed by atoms with Gasteiger partial charge in [-0.2, -0.15) is 9.40 Å². The lowest BCUT2D eigenvalue weighted by atomic mass is 10.1. The second-order valence-electron chi connectivity index (χ2n) is 7.54. The van der Waals surface area contributed by atoms with Gasteiger partial charge in [0.15, 0.2) is 0 Å². The maximum absolute atomic E-state index is 12.9. The normalized spacial score (nSPS) is 15.3. The monoisotopic (exact) mass is 502 g/mol. The first-order valence-corrected chi connectivity index (χ1v) is 12.2. The number of rotatable bonds is 4. The summed E-state index contributed by atoms with van der Waals surface area (Å²) >= 11 is 3.32. The number of benzene rings is 2. The fourth-order valence-electron chi connectivity index (χ4n) is 3.73. The Morgan fingerprint density at radius 2 is 1.65 bits per heavy atom. The SMILES string of the molecule is Cc1cc(C)n(-c2ccc(C(=O)N3CCN(S(=O)(=O)c4cccc(Br)c4)CC3)cc2)n1. The van der Waals surface area contributed by atoms with Gasteiger partial charge in [0, 0.05) is 41.9 Å². The number of hydrogen-bond acceptors (Lipinski definition) is 4. The van der Waals surface area contributed by atoms with Crippen LogP contribution in [0.5, 0.6) is 0 Å². The minimum absolute atomic E-state index is 0.0978. The third-order valence-corrected chi connectivity index (χ3v) is 7.72. The number of aryl methyl sites for hydroxylation is 2. The van der Waals surface area contributed by atoms with Crippen molar-refractivity contribution in [3.63, 3.8) is 0 Å². The predicted molar refractivity (Wildman–Crippen MR) is 122 cm³/mol. The summed E-state index contributed by atoms with van der Waals surface area (Å²) < 4.78 is 29.8. The first-order valence-electron chi connectivity index (χ1n) is 9.94. The minimum Gasteiger partial charge on any atom is -0.336 e. The Hall–Kier alpha value is -2.49. The Balaban J connectivity index is 1.43. The molecule has 1 aliphatic rings. The molecule has 2 heterocycles. The van der Waals surface area contributed by atoms with Gasteiger partial charge in [-0.15, -0.1) is 0 Å². The van der Waals surface area contributed by atoms with Crippen LogP contribution in [0, 0.1) is 13.8 Å². The van der Waals surface area contributed by atoms with Gasteiger partial charge in [-0.05, 0) is 62.4 Å². The molecule has 0 bridgehead atoms. The number of sulfonamides is 1. The highest BCUT2D eigenvalue weighted by molar-refractivity contribution is 9.10. The van der Waals surface area contributed by atoms with Gasteiger partial charge in [-0.1, -0.05) is 22.0 Å². The van der Waals surface area contributed by atoms with Gasteiger partial charge in [-0.25, -0.2) is 13.1 Å². The van der Waals surface area contributed by atoms with Gasteiger partial charge < -0.3 is 4.90 Å². The largest absolute Gasteiger partial charge is 0.336 e. The van der Waals surface area contributed by atoms with Crippen LogP contribution in [0.25, 0.3) is 5.69 Å². The van der Waals surface area contributed by atoms with Crippen LogP contribution in [0.3, 0.4) is 0 Å². The van der Waals surface area contributed by atoms with Crippen LogP contribution in [0.1, 0.15) is 21.7 Å². The Morgan fingerprint density at radius 3 is 2.23 bits per heavy atom. The molecule has 9 heteroatoms. The van der Waals surface area contributed by atoms with Crippen LogP contribution in [0.4, 0.5) is 0 Å². The molecule has 7 nitrogen and oxygen atoms in total. The molecule has 3 aromatic rings. The van der Waals surface area contributed by atoms with Gasteiger partial charge in [0.05, 0.1) is 16.3 Å². The molecular formula is C22H23BrN4O3S. The molecule has 1 aliphatic heterocycles. The third kappa shape index (κ3) is 4.44. The van der Waals surface area contributed by atoms with Crippen LogP contribution in [0.2, 0.25) is 0 Å². The van der Waals surface area contributed by atoms with Crippen molar-refractivity contribution < 1.29 is 13.2 Å². The van der Waals surface area contributed by atoms with E-state index >= 15 is 0 Å². The molecule has 1 fully saturated rings. The number of piperazine rings is 1. The van der Waals surface area contributed by atoms with E-state index in [1.165, 1.54) is 4.31 Å². The van der Waals surface area contributed by atoms with Crippen molar-refractivity contribution in [2.45, 2.75) is 18.7 Å². The first kappa shape index (κ1) is 21.7. The lowest BCUT2D eigenvalue weighted by Gasteiger charge is -2.34. The van der Waals surface area contributed by atoms with E-state index in [-0.39, 0.29) is 23.9 Å². The average Bonchev–Trinajstić information content (AvgIpc) is 3.11. The number of halogens is 1. The number of carbonyl (C=O) groups excluding carboxylic acids is 1. The Kier molecular flexibility index (Phi) is 6.00. The Bertz CT molecular complexity index is 1210. The van der Waals surface area contributed by atoms with Crippen LogP contribution in [-0.2, 0) is 10.0 Å². The van der Waals surface area contributed by atoms with E-state index in [0.717, 1.165) is 17.1 Å². The van der Waals surface area contributed by atoms with E-state index in [9.17, 15) is 13.2 Å². The summed E-state index contributed by atoms with van der Waals surface area (Å²) in [7, 11) is -3.58. The summed E-state index contributed by atoms with van der Waals surface area (Å²) in [5, 5.41) is 4.46. The van der Waals surface area contributed by atoms with E-state index in [2.05, 4.69) is 21.0 Å². The van der Waals surface area contributed by atoms with Gasteiger partial charge in [-0.3, -0.25) is 4.79 Å². The summed E-state index contributed by atoms with van der Waals surface area (Å²) in [6.07, 6.45) is 0. The predicted octanol–water partition coefficient (Wildman–Crippen LogP) is 3.40. The fraction of sp³-hybridized carbons (Fsp3) is 0.273. The number of nitrogens with zero attached hydrogens (tertiary/aromatic N) is 4. The number of aromatic nitrogens is 2. The van der Waals surface area contributed by atoms with E-state index in [1.807, 2.05) is 36.7 Å². The van der Waals surface area contributed by atoms with Crippen LogP contribution < -0.4 is 0 Å². The van der Waals surface area contributed by atoms with Gasteiger partial charge >= 0.3 is 0 Å². The molecule has 0 aliphatic carbocycles. The molecule has 1 amide bonds. The van der Waals surface area contributed by atoms with E-state index < -0.39 is 10.0 Å². The maximum atomic E-state index is 12.9. The second-order valence-corrected chi connectivity index (χ2v) is 10.4. The molecule has 0 spiro atoms. The first-order chi connectivity index (χ1) is 14.8. The van der Waals surface area contributed by atoms with Gasteiger partial charge in [0.2, 0.25) is 10.0 Å².